The van der Waals surface area contributed by atoms with Crippen LogP contribution in [0.4, 0.5) is 11.4 Å². The Morgan fingerprint density at radius 2 is 1.29 bits per heavy atom. The molecule has 0 heterocycles. The van der Waals surface area contributed by atoms with E-state index in [1.807, 2.05) is 0 Å². The first-order chi connectivity index (χ1) is 9.97. The van der Waals surface area contributed by atoms with E-state index in [0.29, 0.717) is 22.9 Å². The van der Waals surface area contributed by atoms with Crippen LogP contribution in [0, 0.1) is 0 Å². The van der Waals surface area contributed by atoms with Gasteiger partial charge in [0.05, 0.1) is 5.69 Å². The van der Waals surface area contributed by atoms with Gasteiger partial charge in [0.15, 0.2) is 0 Å². The van der Waals surface area contributed by atoms with Crippen molar-refractivity contribution < 1.29 is 14.3 Å². The number of carbonyl (C=O) groups excluding carboxylic acids is 2. The molecule has 0 atom stereocenters. The maximum absolute atomic E-state index is 11.5. The topological polar surface area (TPSA) is 72.6 Å². The highest BCUT2D eigenvalue weighted by Gasteiger charge is 2.15. The molecular formula is C16H16N2O3. The molecule has 108 valence electrons. The van der Waals surface area contributed by atoms with Gasteiger partial charge in [-0.05, 0) is 48.5 Å². The quantitative estimate of drug-likeness (QED) is 0.879. The second kappa shape index (κ2) is 6.09. The number of nitrogens with two attached hydrogens (primary N) is 1. The molecular weight excluding hydrogens is 268 g/mol. The SMILES string of the molecule is CC(=O)N(C(C)=O)c1ccc(Oc2ccc(N)cc2)cc1. The Labute approximate surface area is 122 Å². The predicted octanol–water partition coefficient (Wildman–Crippen LogP) is 2.96. The van der Waals surface area contributed by atoms with Crippen molar-refractivity contribution in [2.75, 3.05) is 10.6 Å². The molecule has 0 aliphatic carbocycles. The van der Waals surface area contributed by atoms with E-state index in [1.165, 1.54) is 13.8 Å². The van der Waals surface area contributed by atoms with E-state index in [0.717, 1.165) is 4.90 Å². The molecule has 2 amide bonds. The van der Waals surface area contributed by atoms with Crippen molar-refractivity contribution in [3.8, 4) is 11.5 Å². The van der Waals surface area contributed by atoms with Gasteiger partial charge < -0.3 is 10.5 Å². The summed E-state index contributed by atoms with van der Waals surface area (Å²) >= 11 is 0. The van der Waals surface area contributed by atoms with Crippen LogP contribution in [0.15, 0.2) is 48.5 Å². The zero-order valence-electron chi connectivity index (χ0n) is 11.9. The minimum absolute atomic E-state index is 0.324. The van der Waals surface area contributed by atoms with Crippen LogP contribution in [-0.2, 0) is 9.59 Å². The fourth-order valence-corrected chi connectivity index (χ4v) is 1.92. The molecule has 0 aliphatic heterocycles. The van der Waals surface area contributed by atoms with Gasteiger partial charge in [0.1, 0.15) is 11.5 Å². The van der Waals surface area contributed by atoms with Gasteiger partial charge in [0.25, 0.3) is 0 Å². The van der Waals surface area contributed by atoms with E-state index in [4.69, 9.17) is 10.5 Å². The molecule has 0 saturated heterocycles. The van der Waals surface area contributed by atoms with Crippen LogP contribution < -0.4 is 15.4 Å². The molecule has 0 aromatic heterocycles. The first-order valence-corrected chi connectivity index (χ1v) is 6.42. The summed E-state index contributed by atoms with van der Waals surface area (Å²) in [6, 6.07) is 13.7. The largest absolute Gasteiger partial charge is 0.457 e. The van der Waals surface area contributed by atoms with Crippen molar-refractivity contribution >= 4 is 23.2 Å². The molecule has 5 heteroatoms. The maximum atomic E-state index is 11.5. The Balaban J connectivity index is 2.16. The normalized spacial score (nSPS) is 10.0. The summed E-state index contributed by atoms with van der Waals surface area (Å²) in [5, 5.41) is 0. The number of carbonyl (C=O) groups is 2. The van der Waals surface area contributed by atoms with Crippen LogP contribution in [0.1, 0.15) is 13.8 Å². The number of ether oxygens (including phenoxy) is 1. The molecule has 2 aromatic carbocycles. The van der Waals surface area contributed by atoms with Crippen molar-refractivity contribution in [2.45, 2.75) is 13.8 Å². The van der Waals surface area contributed by atoms with E-state index in [1.54, 1.807) is 48.5 Å². The Kier molecular flexibility index (Phi) is 4.23. The molecule has 21 heavy (non-hydrogen) atoms. The molecule has 2 aromatic rings. The van der Waals surface area contributed by atoms with Crippen molar-refractivity contribution in [2.24, 2.45) is 0 Å². The van der Waals surface area contributed by atoms with Crippen molar-refractivity contribution in [1.82, 2.24) is 0 Å². The summed E-state index contributed by atoms with van der Waals surface area (Å²) in [7, 11) is 0. The third-order valence-electron chi connectivity index (χ3n) is 2.84. The lowest BCUT2D eigenvalue weighted by atomic mass is 10.2. The highest BCUT2D eigenvalue weighted by atomic mass is 16.5. The van der Waals surface area contributed by atoms with Gasteiger partial charge in [0.2, 0.25) is 11.8 Å². The van der Waals surface area contributed by atoms with Gasteiger partial charge in [-0.3, -0.25) is 14.5 Å². The first kappa shape index (κ1) is 14.6. The number of rotatable bonds is 3. The number of benzene rings is 2. The molecule has 0 radical (unpaired) electrons. The molecule has 0 bridgehead atoms. The summed E-state index contributed by atoms with van der Waals surface area (Å²) in [5.41, 5.74) is 6.78. The standard InChI is InChI=1S/C16H16N2O3/c1-11(19)18(12(2)20)14-5-9-16(10-6-14)21-15-7-3-13(17)4-8-15/h3-10H,17H2,1-2H3. The summed E-state index contributed by atoms with van der Waals surface area (Å²) in [5.74, 6) is 0.618. The van der Waals surface area contributed by atoms with Gasteiger partial charge in [-0.2, -0.15) is 0 Å². The summed E-state index contributed by atoms with van der Waals surface area (Å²) in [6.45, 7) is 2.69. The lowest BCUT2D eigenvalue weighted by Crippen LogP contribution is -2.32. The average Bonchev–Trinajstić information content (AvgIpc) is 2.42. The van der Waals surface area contributed by atoms with Crippen LogP contribution >= 0.6 is 0 Å². The molecule has 0 aliphatic rings. The van der Waals surface area contributed by atoms with Crippen LogP contribution in [0.3, 0.4) is 0 Å². The van der Waals surface area contributed by atoms with Crippen LogP contribution in [0.5, 0.6) is 11.5 Å². The van der Waals surface area contributed by atoms with Gasteiger partial charge >= 0.3 is 0 Å². The second-order valence-electron chi connectivity index (χ2n) is 4.54. The number of nitrogen functional groups attached to an aromatic ring is 1. The number of hydrogen-bond donors (Lipinski definition) is 1. The Morgan fingerprint density at radius 1 is 0.857 bits per heavy atom. The lowest BCUT2D eigenvalue weighted by Gasteiger charge is -2.17. The summed E-state index contributed by atoms with van der Waals surface area (Å²) < 4.78 is 5.65. The highest BCUT2D eigenvalue weighted by Crippen LogP contribution is 2.25. The van der Waals surface area contributed by atoms with Crippen molar-refractivity contribution in [3.63, 3.8) is 0 Å². The first-order valence-electron chi connectivity index (χ1n) is 6.42. The van der Waals surface area contributed by atoms with E-state index in [-0.39, 0.29) is 11.8 Å². The van der Waals surface area contributed by atoms with Crippen LogP contribution in [0.25, 0.3) is 0 Å². The Bertz CT molecular complexity index is 634. The van der Waals surface area contributed by atoms with E-state index in [9.17, 15) is 9.59 Å². The highest BCUT2D eigenvalue weighted by molar-refractivity contribution is 6.13. The number of anilines is 2. The van der Waals surface area contributed by atoms with E-state index >= 15 is 0 Å². The van der Waals surface area contributed by atoms with Gasteiger partial charge in [-0.15, -0.1) is 0 Å². The minimum Gasteiger partial charge on any atom is -0.457 e. The number of amides is 2. The molecule has 0 unspecified atom stereocenters. The molecule has 2 rings (SSSR count). The molecule has 0 spiro atoms. The monoisotopic (exact) mass is 284 g/mol. The maximum Gasteiger partial charge on any atom is 0.230 e. The number of nitrogens with zero attached hydrogens (tertiary/aromatic N) is 1. The Hall–Kier alpha value is -2.82. The molecule has 0 fully saturated rings. The third kappa shape index (κ3) is 3.60. The predicted molar refractivity (Wildman–Crippen MR) is 81.2 cm³/mol. The summed E-state index contributed by atoms with van der Waals surface area (Å²) in [6.07, 6.45) is 0. The second-order valence-corrected chi connectivity index (χ2v) is 4.54. The van der Waals surface area contributed by atoms with E-state index in [2.05, 4.69) is 0 Å². The number of hydrogen-bond acceptors (Lipinski definition) is 4. The lowest BCUT2D eigenvalue weighted by molar-refractivity contribution is -0.124. The smallest absolute Gasteiger partial charge is 0.230 e. The van der Waals surface area contributed by atoms with Gasteiger partial charge in [-0.25, -0.2) is 0 Å². The third-order valence-corrected chi connectivity index (χ3v) is 2.84. The fourth-order valence-electron chi connectivity index (χ4n) is 1.92. The zero-order chi connectivity index (χ0) is 15.4. The fraction of sp³-hybridized carbons (Fsp3) is 0.125. The van der Waals surface area contributed by atoms with Crippen LogP contribution in [-0.4, -0.2) is 11.8 Å². The Morgan fingerprint density at radius 3 is 1.71 bits per heavy atom. The molecule has 2 N–H and O–H groups in total. The van der Waals surface area contributed by atoms with Gasteiger partial charge in [0, 0.05) is 19.5 Å². The molecule has 0 saturated carbocycles. The summed E-state index contributed by atoms with van der Waals surface area (Å²) in [4.78, 5) is 24.0. The van der Waals surface area contributed by atoms with Crippen molar-refractivity contribution in [3.05, 3.63) is 48.5 Å². The van der Waals surface area contributed by atoms with Gasteiger partial charge in [-0.1, -0.05) is 0 Å². The molecule has 5 nitrogen and oxygen atoms in total. The average molecular weight is 284 g/mol. The van der Waals surface area contributed by atoms with Crippen molar-refractivity contribution in [1.29, 1.82) is 0 Å². The zero-order valence-corrected chi connectivity index (χ0v) is 11.9. The minimum atomic E-state index is -0.324. The number of imide groups is 1. The van der Waals surface area contributed by atoms with E-state index < -0.39 is 0 Å². The van der Waals surface area contributed by atoms with Crippen LogP contribution in [0.2, 0.25) is 0 Å².